The average Bonchev–Trinajstić information content (AvgIpc) is 3.60. The molecule has 3 aliphatic rings. The number of aromatic nitrogens is 1. The van der Waals surface area contributed by atoms with Crippen molar-refractivity contribution in [2.45, 2.75) is 64.0 Å². The molecule has 2 atom stereocenters. The minimum atomic E-state index is -0.0653. The second-order valence-corrected chi connectivity index (χ2v) is 8.88. The number of likely N-dealkylation sites (tertiary alicyclic amines) is 1. The maximum atomic E-state index is 12.4. The van der Waals surface area contributed by atoms with Crippen LogP contribution in [0.4, 0.5) is 0 Å². The quantitative estimate of drug-likeness (QED) is 0.685. The van der Waals surface area contributed by atoms with E-state index in [1.165, 1.54) is 25.7 Å². The number of hydrogen-bond donors (Lipinski definition) is 2. The normalized spacial score (nSPS) is 24.9. The monoisotopic (exact) mass is 384 g/mol. The molecule has 0 radical (unpaired) electrons. The van der Waals surface area contributed by atoms with Crippen LogP contribution in [-0.4, -0.2) is 53.4 Å². The summed E-state index contributed by atoms with van der Waals surface area (Å²) >= 11 is 0. The molecule has 4 rings (SSSR count). The molecule has 1 saturated heterocycles. The molecule has 2 aliphatic carbocycles. The molecule has 0 bridgehead atoms. The Hall–Kier alpha value is -1.95. The van der Waals surface area contributed by atoms with Crippen molar-refractivity contribution in [2.24, 2.45) is 11.8 Å². The lowest BCUT2D eigenvalue weighted by molar-refractivity contribution is -0.122. The molecule has 2 saturated carbocycles. The van der Waals surface area contributed by atoms with Crippen molar-refractivity contribution in [1.82, 2.24) is 20.5 Å². The summed E-state index contributed by atoms with van der Waals surface area (Å²) < 4.78 is 0. The van der Waals surface area contributed by atoms with Crippen LogP contribution in [0.15, 0.2) is 18.3 Å². The van der Waals surface area contributed by atoms with Gasteiger partial charge in [-0.1, -0.05) is 0 Å². The zero-order valence-corrected chi connectivity index (χ0v) is 16.8. The van der Waals surface area contributed by atoms with E-state index in [0.717, 1.165) is 37.5 Å². The van der Waals surface area contributed by atoms with Crippen molar-refractivity contribution in [1.29, 1.82) is 0 Å². The van der Waals surface area contributed by atoms with Crippen molar-refractivity contribution in [3.05, 3.63) is 29.6 Å². The molecule has 3 fully saturated rings. The molecule has 1 aliphatic heterocycles. The van der Waals surface area contributed by atoms with E-state index in [0.29, 0.717) is 36.5 Å². The van der Waals surface area contributed by atoms with Gasteiger partial charge in [0.25, 0.3) is 5.91 Å². The van der Waals surface area contributed by atoms with E-state index in [9.17, 15) is 9.59 Å². The van der Waals surface area contributed by atoms with Crippen molar-refractivity contribution >= 4 is 11.8 Å². The summed E-state index contributed by atoms with van der Waals surface area (Å²) in [7, 11) is 0. The van der Waals surface area contributed by atoms with Gasteiger partial charge in [0.15, 0.2) is 0 Å². The van der Waals surface area contributed by atoms with Crippen LogP contribution in [0.1, 0.15) is 61.0 Å². The molecule has 152 valence electrons. The van der Waals surface area contributed by atoms with Gasteiger partial charge in [0.05, 0.1) is 5.56 Å². The highest BCUT2D eigenvalue weighted by Gasteiger charge is 2.38. The Bertz CT molecular complexity index is 697. The summed E-state index contributed by atoms with van der Waals surface area (Å²) in [6.45, 7) is 4.46. The standard InChI is InChI=1S/C22H32N4O2/c1-15-2-7-18(12-23-15)22(28)25-13-20-9-8-19(26(20)14-17-5-6-17)10-21(27)24-11-16-3-4-16/h2,7,12,16-17,19-20H,3-6,8-11,13-14H2,1H3,(H,24,27)(H,25,28)/t19-,20+/m1/s1. The van der Waals surface area contributed by atoms with Gasteiger partial charge in [-0.3, -0.25) is 19.5 Å². The van der Waals surface area contributed by atoms with Gasteiger partial charge in [0.2, 0.25) is 5.91 Å². The average molecular weight is 385 g/mol. The Morgan fingerprint density at radius 2 is 1.75 bits per heavy atom. The molecule has 6 heteroatoms. The number of nitrogens with zero attached hydrogens (tertiary/aromatic N) is 2. The predicted octanol–water partition coefficient (Wildman–Crippen LogP) is 2.28. The molecule has 2 heterocycles. The van der Waals surface area contributed by atoms with Crippen LogP contribution in [0, 0.1) is 18.8 Å². The number of pyridine rings is 1. The Balaban J connectivity index is 1.29. The summed E-state index contributed by atoms with van der Waals surface area (Å²) in [6, 6.07) is 4.31. The highest BCUT2D eigenvalue weighted by atomic mass is 16.2. The second kappa shape index (κ2) is 8.60. The number of aryl methyl sites for hydroxylation is 1. The molecule has 0 aromatic carbocycles. The van der Waals surface area contributed by atoms with Gasteiger partial charge >= 0.3 is 0 Å². The number of rotatable bonds is 9. The number of amides is 2. The highest BCUT2D eigenvalue weighted by molar-refractivity contribution is 5.93. The largest absolute Gasteiger partial charge is 0.356 e. The Morgan fingerprint density at radius 1 is 1.00 bits per heavy atom. The predicted molar refractivity (Wildman–Crippen MR) is 108 cm³/mol. The number of hydrogen-bond acceptors (Lipinski definition) is 4. The first-order valence-electron chi connectivity index (χ1n) is 10.8. The lowest BCUT2D eigenvalue weighted by Crippen LogP contribution is -2.45. The summed E-state index contributed by atoms with van der Waals surface area (Å²) in [6.07, 6.45) is 9.41. The number of carbonyl (C=O) groups excluding carboxylic acids is 2. The molecular formula is C22H32N4O2. The zero-order chi connectivity index (χ0) is 19.5. The Kier molecular flexibility index (Phi) is 5.95. The van der Waals surface area contributed by atoms with Crippen LogP contribution < -0.4 is 10.6 Å². The molecule has 2 N–H and O–H groups in total. The zero-order valence-electron chi connectivity index (χ0n) is 16.8. The van der Waals surface area contributed by atoms with Crippen LogP contribution in [0.2, 0.25) is 0 Å². The highest BCUT2D eigenvalue weighted by Crippen LogP contribution is 2.35. The van der Waals surface area contributed by atoms with Crippen LogP contribution in [-0.2, 0) is 4.79 Å². The SMILES string of the molecule is Cc1ccc(C(=O)NC[C@@H]2CC[C@H](CC(=O)NCC3CC3)N2CC2CC2)cn1. The summed E-state index contributed by atoms with van der Waals surface area (Å²) in [5.41, 5.74) is 1.51. The lowest BCUT2D eigenvalue weighted by atomic mass is 10.1. The molecular weight excluding hydrogens is 352 g/mol. The molecule has 2 amide bonds. The van der Waals surface area contributed by atoms with Gasteiger partial charge in [-0.25, -0.2) is 0 Å². The first-order valence-corrected chi connectivity index (χ1v) is 10.8. The van der Waals surface area contributed by atoms with Gasteiger partial charge in [0.1, 0.15) is 0 Å². The number of carbonyl (C=O) groups is 2. The molecule has 28 heavy (non-hydrogen) atoms. The first kappa shape index (κ1) is 19.4. The van der Waals surface area contributed by atoms with E-state index >= 15 is 0 Å². The molecule has 6 nitrogen and oxygen atoms in total. The summed E-state index contributed by atoms with van der Waals surface area (Å²) in [5.74, 6) is 1.61. The van der Waals surface area contributed by atoms with Crippen molar-refractivity contribution < 1.29 is 9.59 Å². The summed E-state index contributed by atoms with van der Waals surface area (Å²) in [5, 5.41) is 6.19. The molecule has 0 unspecified atom stereocenters. The van der Waals surface area contributed by atoms with E-state index in [2.05, 4.69) is 20.5 Å². The van der Waals surface area contributed by atoms with Gasteiger partial charge in [-0.05, 0) is 69.4 Å². The van der Waals surface area contributed by atoms with E-state index in [-0.39, 0.29) is 11.8 Å². The molecule has 0 spiro atoms. The third-order valence-corrected chi connectivity index (χ3v) is 6.31. The lowest BCUT2D eigenvalue weighted by Gasteiger charge is -2.30. The fraction of sp³-hybridized carbons (Fsp3) is 0.682. The fourth-order valence-electron chi connectivity index (χ4n) is 4.13. The first-order chi connectivity index (χ1) is 13.6. The Labute approximate surface area is 167 Å². The summed E-state index contributed by atoms with van der Waals surface area (Å²) in [4.78, 5) is 31.5. The maximum absolute atomic E-state index is 12.4. The third kappa shape index (κ3) is 5.31. The molecule has 1 aromatic heterocycles. The van der Waals surface area contributed by atoms with Gasteiger partial charge in [0, 0.05) is 50.0 Å². The van der Waals surface area contributed by atoms with Crippen LogP contribution in [0.3, 0.4) is 0 Å². The van der Waals surface area contributed by atoms with Crippen LogP contribution in [0.25, 0.3) is 0 Å². The van der Waals surface area contributed by atoms with Crippen molar-refractivity contribution in [3.63, 3.8) is 0 Å². The van der Waals surface area contributed by atoms with Gasteiger partial charge < -0.3 is 10.6 Å². The molecule has 1 aromatic rings. The number of nitrogens with one attached hydrogen (secondary N) is 2. The minimum Gasteiger partial charge on any atom is -0.356 e. The van der Waals surface area contributed by atoms with Crippen molar-refractivity contribution in [3.8, 4) is 0 Å². The maximum Gasteiger partial charge on any atom is 0.252 e. The van der Waals surface area contributed by atoms with E-state index < -0.39 is 0 Å². The van der Waals surface area contributed by atoms with Crippen LogP contribution in [0.5, 0.6) is 0 Å². The third-order valence-electron chi connectivity index (χ3n) is 6.31. The second-order valence-electron chi connectivity index (χ2n) is 8.88. The van der Waals surface area contributed by atoms with Crippen LogP contribution >= 0.6 is 0 Å². The van der Waals surface area contributed by atoms with E-state index in [1.54, 1.807) is 6.20 Å². The topological polar surface area (TPSA) is 74.3 Å². The minimum absolute atomic E-state index is 0.0653. The smallest absolute Gasteiger partial charge is 0.252 e. The van der Waals surface area contributed by atoms with Gasteiger partial charge in [-0.15, -0.1) is 0 Å². The van der Waals surface area contributed by atoms with E-state index in [4.69, 9.17) is 0 Å². The fourth-order valence-corrected chi connectivity index (χ4v) is 4.13. The Morgan fingerprint density at radius 3 is 2.43 bits per heavy atom. The van der Waals surface area contributed by atoms with Gasteiger partial charge in [-0.2, -0.15) is 0 Å². The van der Waals surface area contributed by atoms with Crippen molar-refractivity contribution in [2.75, 3.05) is 19.6 Å². The van der Waals surface area contributed by atoms with E-state index in [1.807, 2.05) is 19.1 Å².